The first-order valence-corrected chi connectivity index (χ1v) is 10.7. The second-order valence-electron chi connectivity index (χ2n) is 6.49. The Hall–Kier alpha value is -1.44. The van der Waals surface area contributed by atoms with Crippen LogP contribution in [0.1, 0.15) is 55.5 Å². The zero-order valence-electron chi connectivity index (χ0n) is 16.3. The van der Waals surface area contributed by atoms with Crippen LogP contribution in [0.4, 0.5) is 0 Å². The van der Waals surface area contributed by atoms with Crippen LogP contribution >= 0.6 is 0 Å². The number of carbonyl (C=O) groups excluding carboxylic acids is 1. The van der Waals surface area contributed by atoms with Gasteiger partial charge in [0, 0.05) is 25.8 Å². The number of methoxy groups -OCH3 is 1. The number of rotatable bonds is 12. The van der Waals surface area contributed by atoms with Gasteiger partial charge >= 0.3 is 0 Å². The minimum absolute atomic E-state index is 0.0855. The van der Waals surface area contributed by atoms with Crippen molar-refractivity contribution in [2.45, 2.75) is 51.3 Å². The minimum atomic E-state index is -3.66. The molecule has 0 aliphatic carbocycles. The summed E-state index contributed by atoms with van der Waals surface area (Å²) in [6.45, 7) is 7.16. The molecule has 0 aliphatic heterocycles. The molecule has 0 bridgehead atoms. The maximum atomic E-state index is 12.6. The van der Waals surface area contributed by atoms with Crippen LogP contribution in [0.15, 0.2) is 23.1 Å². The molecular formula is C19H32N2O4S. The second-order valence-corrected chi connectivity index (χ2v) is 8.26. The van der Waals surface area contributed by atoms with Crippen molar-refractivity contribution in [3.63, 3.8) is 0 Å². The lowest BCUT2D eigenvalue weighted by Crippen LogP contribution is -2.30. The van der Waals surface area contributed by atoms with Gasteiger partial charge in [-0.15, -0.1) is 0 Å². The van der Waals surface area contributed by atoms with Crippen molar-refractivity contribution in [3.05, 3.63) is 29.3 Å². The molecule has 0 aromatic heterocycles. The van der Waals surface area contributed by atoms with E-state index in [1.165, 1.54) is 19.2 Å². The molecule has 6 nitrogen and oxygen atoms in total. The van der Waals surface area contributed by atoms with Crippen molar-refractivity contribution in [2.75, 3.05) is 26.8 Å². The highest BCUT2D eigenvalue weighted by molar-refractivity contribution is 7.89. The highest BCUT2D eigenvalue weighted by Crippen LogP contribution is 2.17. The Balaban J connectivity index is 2.84. The van der Waals surface area contributed by atoms with Gasteiger partial charge in [0.1, 0.15) is 0 Å². The molecule has 1 unspecified atom stereocenters. The van der Waals surface area contributed by atoms with Crippen LogP contribution in [0, 0.1) is 12.8 Å². The van der Waals surface area contributed by atoms with E-state index in [1.54, 1.807) is 13.0 Å². The molecule has 0 aliphatic rings. The van der Waals surface area contributed by atoms with Crippen LogP contribution in [-0.4, -0.2) is 41.1 Å². The molecule has 0 heterocycles. The Morgan fingerprint density at radius 2 is 2.00 bits per heavy atom. The number of carbonyl (C=O) groups is 1. The quantitative estimate of drug-likeness (QED) is 0.543. The molecule has 1 amide bonds. The first kappa shape index (κ1) is 22.6. The summed E-state index contributed by atoms with van der Waals surface area (Å²) < 4.78 is 32.0. The van der Waals surface area contributed by atoms with Crippen molar-refractivity contribution < 1.29 is 17.9 Å². The molecule has 0 saturated heterocycles. The molecule has 148 valence electrons. The predicted molar refractivity (Wildman–Crippen MR) is 104 cm³/mol. The average Bonchev–Trinajstić information content (AvgIpc) is 2.62. The molecule has 1 aromatic rings. The van der Waals surface area contributed by atoms with Gasteiger partial charge in [-0.1, -0.05) is 39.2 Å². The number of ether oxygens (including phenoxy) is 1. The lowest BCUT2D eigenvalue weighted by atomic mass is 9.99. The Morgan fingerprint density at radius 3 is 2.62 bits per heavy atom. The van der Waals surface area contributed by atoms with Crippen molar-refractivity contribution in [1.29, 1.82) is 0 Å². The van der Waals surface area contributed by atoms with E-state index in [0.717, 1.165) is 31.2 Å². The fraction of sp³-hybridized carbons (Fsp3) is 0.632. The fourth-order valence-electron chi connectivity index (χ4n) is 2.65. The maximum absolute atomic E-state index is 12.6. The standard InChI is InChI=1S/C19H32N2O4S/c1-5-7-8-16(6-2)14-20-19(22)18-13-17(10-9-15(18)3)26(23,24)21-11-12-25-4/h9-10,13,16,21H,5-8,11-12,14H2,1-4H3,(H,20,22). The first-order chi connectivity index (χ1) is 12.4. The average molecular weight is 385 g/mol. The Kier molecular flexibility index (Phi) is 9.83. The molecule has 0 saturated carbocycles. The smallest absolute Gasteiger partial charge is 0.251 e. The summed E-state index contributed by atoms with van der Waals surface area (Å²) in [5.74, 6) is 0.216. The fourth-order valence-corrected chi connectivity index (χ4v) is 3.69. The SMILES string of the molecule is CCCCC(CC)CNC(=O)c1cc(S(=O)(=O)NCCOC)ccc1C. The van der Waals surface area contributed by atoms with Crippen LogP contribution in [0.3, 0.4) is 0 Å². The third-order valence-electron chi connectivity index (χ3n) is 4.46. The van der Waals surface area contributed by atoms with E-state index in [4.69, 9.17) is 4.74 Å². The molecule has 1 aromatic carbocycles. The summed E-state index contributed by atoms with van der Waals surface area (Å²) in [5.41, 5.74) is 1.14. The highest BCUT2D eigenvalue weighted by Gasteiger charge is 2.18. The number of nitrogens with one attached hydrogen (secondary N) is 2. The van der Waals surface area contributed by atoms with Gasteiger partial charge < -0.3 is 10.1 Å². The van der Waals surface area contributed by atoms with Crippen LogP contribution in [0.2, 0.25) is 0 Å². The van der Waals surface area contributed by atoms with Gasteiger partial charge in [-0.25, -0.2) is 13.1 Å². The van der Waals surface area contributed by atoms with E-state index >= 15 is 0 Å². The topological polar surface area (TPSA) is 84.5 Å². The van der Waals surface area contributed by atoms with Gasteiger partial charge in [0.15, 0.2) is 0 Å². The summed E-state index contributed by atoms with van der Waals surface area (Å²) in [5, 5.41) is 2.96. The van der Waals surface area contributed by atoms with Gasteiger partial charge in [-0.2, -0.15) is 0 Å². The number of unbranched alkanes of at least 4 members (excludes halogenated alkanes) is 1. The second kappa shape index (κ2) is 11.3. The van der Waals surface area contributed by atoms with E-state index in [9.17, 15) is 13.2 Å². The first-order valence-electron chi connectivity index (χ1n) is 9.23. The third kappa shape index (κ3) is 7.05. The molecule has 2 N–H and O–H groups in total. The Labute approximate surface area is 157 Å². The molecule has 1 atom stereocenters. The van der Waals surface area contributed by atoms with E-state index < -0.39 is 10.0 Å². The normalized spacial score (nSPS) is 12.8. The van der Waals surface area contributed by atoms with Gasteiger partial charge in [0.05, 0.1) is 11.5 Å². The van der Waals surface area contributed by atoms with Crippen molar-refractivity contribution in [2.24, 2.45) is 5.92 Å². The number of hydrogen-bond donors (Lipinski definition) is 2. The maximum Gasteiger partial charge on any atom is 0.251 e. The van der Waals surface area contributed by atoms with Crippen LogP contribution in [-0.2, 0) is 14.8 Å². The summed E-state index contributed by atoms with van der Waals surface area (Å²) in [4.78, 5) is 12.6. The molecule has 0 radical (unpaired) electrons. The molecular weight excluding hydrogens is 352 g/mol. The van der Waals surface area contributed by atoms with Crippen LogP contribution in [0.25, 0.3) is 0 Å². The van der Waals surface area contributed by atoms with Gasteiger partial charge in [0.25, 0.3) is 5.91 Å². The highest BCUT2D eigenvalue weighted by atomic mass is 32.2. The monoisotopic (exact) mass is 384 g/mol. The predicted octanol–water partition coefficient (Wildman–Crippen LogP) is 2.87. The van der Waals surface area contributed by atoms with E-state index in [2.05, 4.69) is 23.9 Å². The Bertz CT molecular complexity index is 674. The number of benzene rings is 1. The summed E-state index contributed by atoms with van der Waals surface area (Å²) in [6.07, 6.45) is 4.38. The van der Waals surface area contributed by atoms with Crippen molar-refractivity contribution in [3.8, 4) is 0 Å². The molecule has 26 heavy (non-hydrogen) atoms. The summed E-state index contributed by atoms with van der Waals surface area (Å²) in [6, 6.07) is 4.61. The molecule has 0 fully saturated rings. The number of sulfonamides is 1. The summed E-state index contributed by atoms with van der Waals surface area (Å²) in [7, 11) is -2.16. The van der Waals surface area contributed by atoms with Gasteiger partial charge in [-0.3, -0.25) is 4.79 Å². The lowest BCUT2D eigenvalue weighted by Gasteiger charge is -2.16. The molecule has 1 rings (SSSR count). The number of hydrogen-bond acceptors (Lipinski definition) is 4. The van der Waals surface area contributed by atoms with Crippen molar-refractivity contribution in [1.82, 2.24) is 10.0 Å². The molecule has 0 spiro atoms. The van der Waals surface area contributed by atoms with Crippen molar-refractivity contribution >= 4 is 15.9 Å². The molecule has 7 heteroatoms. The van der Waals surface area contributed by atoms with E-state index in [0.29, 0.717) is 18.0 Å². The van der Waals surface area contributed by atoms with Crippen LogP contribution < -0.4 is 10.0 Å². The van der Waals surface area contributed by atoms with E-state index in [1.807, 2.05) is 0 Å². The minimum Gasteiger partial charge on any atom is -0.383 e. The number of aryl methyl sites for hydroxylation is 1. The Morgan fingerprint density at radius 1 is 1.27 bits per heavy atom. The lowest BCUT2D eigenvalue weighted by molar-refractivity contribution is 0.0945. The zero-order chi connectivity index (χ0) is 19.6. The van der Waals surface area contributed by atoms with Gasteiger partial charge in [-0.05, 0) is 37.0 Å². The van der Waals surface area contributed by atoms with E-state index in [-0.39, 0.29) is 24.0 Å². The number of amides is 1. The zero-order valence-corrected chi connectivity index (χ0v) is 17.1. The van der Waals surface area contributed by atoms with Gasteiger partial charge in [0.2, 0.25) is 10.0 Å². The summed E-state index contributed by atoms with van der Waals surface area (Å²) >= 11 is 0. The largest absolute Gasteiger partial charge is 0.383 e. The third-order valence-corrected chi connectivity index (χ3v) is 5.92. The van der Waals surface area contributed by atoms with Crippen LogP contribution in [0.5, 0.6) is 0 Å².